The van der Waals surface area contributed by atoms with Crippen LogP contribution in [0.4, 0.5) is 4.39 Å². The van der Waals surface area contributed by atoms with Crippen LogP contribution in [0.3, 0.4) is 0 Å². The highest BCUT2D eigenvalue weighted by molar-refractivity contribution is 5.15. The molecular weight excluding hydrogens is 203 g/mol. The van der Waals surface area contributed by atoms with Gasteiger partial charge in [0.15, 0.2) is 0 Å². The minimum Gasteiger partial charge on any atom is -0.311 e. The minimum absolute atomic E-state index is 0.168. The second-order valence-corrected chi connectivity index (χ2v) is 4.38. The fourth-order valence-electron chi connectivity index (χ4n) is 1.39. The van der Waals surface area contributed by atoms with Gasteiger partial charge in [-0.3, -0.25) is 0 Å². The number of hydrogen-bond donors (Lipinski definition) is 1. The smallest absolute Gasteiger partial charge is 0.123 e. The fourth-order valence-corrected chi connectivity index (χ4v) is 1.39. The molecule has 0 fully saturated rings. The molecule has 3 heteroatoms. The van der Waals surface area contributed by atoms with Crippen molar-refractivity contribution >= 4 is 0 Å². The van der Waals surface area contributed by atoms with Crippen molar-refractivity contribution in [2.24, 2.45) is 0 Å². The maximum atomic E-state index is 12.9. The summed E-state index contributed by atoms with van der Waals surface area (Å²) in [6.07, 6.45) is 0. The summed E-state index contributed by atoms with van der Waals surface area (Å²) >= 11 is 0. The lowest BCUT2D eigenvalue weighted by Crippen LogP contribution is -2.33. The van der Waals surface area contributed by atoms with Crippen LogP contribution in [-0.4, -0.2) is 31.1 Å². The quantitative estimate of drug-likeness (QED) is 0.746. The van der Waals surface area contributed by atoms with Crippen molar-refractivity contribution < 1.29 is 4.39 Å². The van der Waals surface area contributed by atoms with Crippen molar-refractivity contribution in [3.05, 3.63) is 35.6 Å². The van der Waals surface area contributed by atoms with E-state index in [1.165, 1.54) is 6.07 Å². The van der Waals surface area contributed by atoms with Crippen LogP contribution in [0.5, 0.6) is 0 Å². The first-order chi connectivity index (χ1) is 7.59. The summed E-state index contributed by atoms with van der Waals surface area (Å²) < 4.78 is 12.9. The Morgan fingerprint density at radius 2 is 2.12 bits per heavy atom. The maximum Gasteiger partial charge on any atom is 0.123 e. The largest absolute Gasteiger partial charge is 0.311 e. The molecule has 0 aromatic heterocycles. The second kappa shape index (κ2) is 6.61. The van der Waals surface area contributed by atoms with Crippen molar-refractivity contribution in [1.29, 1.82) is 0 Å². The maximum absolute atomic E-state index is 12.9. The van der Waals surface area contributed by atoms with Crippen LogP contribution in [0.2, 0.25) is 0 Å². The summed E-state index contributed by atoms with van der Waals surface area (Å²) in [5, 5.41) is 3.31. The number of likely N-dealkylation sites (N-methyl/N-ethyl adjacent to an activating group) is 1. The van der Waals surface area contributed by atoms with Crippen LogP contribution in [0.15, 0.2) is 24.3 Å². The van der Waals surface area contributed by atoms with Gasteiger partial charge in [-0.2, -0.15) is 0 Å². The molecule has 0 aliphatic carbocycles. The molecule has 16 heavy (non-hydrogen) atoms. The molecule has 0 saturated carbocycles. The molecule has 0 spiro atoms. The molecule has 0 aliphatic rings. The molecule has 1 aromatic carbocycles. The lowest BCUT2D eigenvalue weighted by atomic mass is 10.2. The molecule has 1 N–H and O–H groups in total. The highest BCUT2D eigenvalue weighted by Crippen LogP contribution is 2.02. The van der Waals surface area contributed by atoms with E-state index in [1.807, 2.05) is 6.07 Å². The first kappa shape index (κ1) is 13.1. The average Bonchev–Trinajstić information content (AvgIpc) is 2.24. The number of halogens is 1. The van der Waals surface area contributed by atoms with Crippen molar-refractivity contribution in [1.82, 2.24) is 10.2 Å². The van der Waals surface area contributed by atoms with Gasteiger partial charge in [-0.1, -0.05) is 12.1 Å². The third-order valence-corrected chi connectivity index (χ3v) is 2.74. The SMILES string of the molecule is CC(C)N(C)CCNCc1cccc(F)c1. The van der Waals surface area contributed by atoms with Crippen molar-refractivity contribution in [3.8, 4) is 0 Å². The van der Waals surface area contributed by atoms with E-state index in [2.05, 4.69) is 31.1 Å². The number of nitrogens with zero attached hydrogens (tertiary/aromatic N) is 1. The van der Waals surface area contributed by atoms with Crippen LogP contribution in [0, 0.1) is 5.82 Å². The first-order valence-corrected chi connectivity index (χ1v) is 5.75. The molecule has 0 unspecified atom stereocenters. The third kappa shape index (κ3) is 4.73. The zero-order valence-corrected chi connectivity index (χ0v) is 10.3. The number of hydrogen-bond acceptors (Lipinski definition) is 2. The van der Waals surface area contributed by atoms with E-state index in [4.69, 9.17) is 0 Å². The molecule has 0 aliphatic heterocycles. The Morgan fingerprint density at radius 3 is 2.75 bits per heavy atom. The van der Waals surface area contributed by atoms with Gasteiger partial charge < -0.3 is 10.2 Å². The Morgan fingerprint density at radius 1 is 1.38 bits per heavy atom. The predicted molar refractivity (Wildman–Crippen MR) is 65.9 cm³/mol. The zero-order chi connectivity index (χ0) is 12.0. The van der Waals surface area contributed by atoms with E-state index in [9.17, 15) is 4.39 Å². The first-order valence-electron chi connectivity index (χ1n) is 5.75. The number of rotatable bonds is 6. The fraction of sp³-hybridized carbons (Fsp3) is 0.538. The normalized spacial score (nSPS) is 11.4. The van der Waals surface area contributed by atoms with E-state index in [-0.39, 0.29) is 5.82 Å². The molecule has 1 aromatic rings. The van der Waals surface area contributed by atoms with Crippen LogP contribution in [0.25, 0.3) is 0 Å². The Bertz CT molecular complexity index is 313. The van der Waals surface area contributed by atoms with Gasteiger partial charge in [0.25, 0.3) is 0 Å². The highest BCUT2D eigenvalue weighted by Gasteiger charge is 2.01. The van der Waals surface area contributed by atoms with Gasteiger partial charge in [0.2, 0.25) is 0 Å². The van der Waals surface area contributed by atoms with E-state index < -0.39 is 0 Å². The highest BCUT2D eigenvalue weighted by atomic mass is 19.1. The van der Waals surface area contributed by atoms with E-state index in [0.29, 0.717) is 6.04 Å². The van der Waals surface area contributed by atoms with Gasteiger partial charge in [0.1, 0.15) is 5.82 Å². The third-order valence-electron chi connectivity index (χ3n) is 2.74. The molecule has 1 rings (SSSR count). The summed E-state index contributed by atoms with van der Waals surface area (Å²) in [5.74, 6) is -0.168. The van der Waals surface area contributed by atoms with Gasteiger partial charge in [0, 0.05) is 25.7 Å². The minimum atomic E-state index is -0.168. The van der Waals surface area contributed by atoms with Crippen LogP contribution in [-0.2, 0) is 6.54 Å². The Kier molecular flexibility index (Phi) is 5.43. The molecule has 0 saturated heterocycles. The topological polar surface area (TPSA) is 15.3 Å². The van der Waals surface area contributed by atoms with Crippen molar-refractivity contribution in [2.45, 2.75) is 26.4 Å². The second-order valence-electron chi connectivity index (χ2n) is 4.38. The number of nitrogens with one attached hydrogen (secondary N) is 1. The predicted octanol–water partition coefficient (Wildman–Crippen LogP) is 2.26. The lowest BCUT2D eigenvalue weighted by molar-refractivity contribution is 0.273. The van der Waals surface area contributed by atoms with Gasteiger partial charge in [-0.05, 0) is 38.6 Å². The monoisotopic (exact) mass is 224 g/mol. The van der Waals surface area contributed by atoms with Crippen molar-refractivity contribution in [2.75, 3.05) is 20.1 Å². The summed E-state index contributed by atoms with van der Waals surface area (Å²) in [6, 6.07) is 7.28. The summed E-state index contributed by atoms with van der Waals surface area (Å²) in [6.45, 7) is 7.00. The van der Waals surface area contributed by atoms with Crippen LogP contribution >= 0.6 is 0 Å². The average molecular weight is 224 g/mol. The Labute approximate surface area is 97.5 Å². The molecule has 0 atom stereocenters. The molecule has 2 nitrogen and oxygen atoms in total. The molecule has 0 radical (unpaired) electrons. The van der Waals surface area contributed by atoms with Gasteiger partial charge in [0.05, 0.1) is 0 Å². The summed E-state index contributed by atoms with van der Waals surface area (Å²) in [4.78, 5) is 2.28. The Balaban J connectivity index is 2.21. The van der Waals surface area contributed by atoms with Crippen molar-refractivity contribution in [3.63, 3.8) is 0 Å². The summed E-state index contributed by atoms with van der Waals surface area (Å²) in [7, 11) is 2.11. The summed E-state index contributed by atoms with van der Waals surface area (Å²) in [5.41, 5.74) is 0.993. The molecule has 0 heterocycles. The molecular formula is C13H21FN2. The lowest BCUT2D eigenvalue weighted by Gasteiger charge is -2.20. The van der Waals surface area contributed by atoms with Crippen LogP contribution < -0.4 is 5.32 Å². The van der Waals surface area contributed by atoms with E-state index >= 15 is 0 Å². The van der Waals surface area contributed by atoms with Gasteiger partial charge >= 0.3 is 0 Å². The van der Waals surface area contributed by atoms with E-state index in [0.717, 1.165) is 25.2 Å². The molecule has 0 amide bonds. The van der Waals surface area contributed by atoms with E-state index in [1.54, 1.807) is 12.1 Å². The van der Waals surface area contributed by atoms with Gasteiger partial charge in [-0.15, -0.1) is 0 Å². The Hall–Kier alpha value is -0.930. The zero-order valence-electron chi connectivity index (χ0n) is 10.3. The number of benzene rings is 1. The molecule has 90 valence electrons. The van der Waals surface area contributed by atoms with Crippen LogP contribution in [0.1, 0.15) is 19.4 Å². The molecule has 0 bridgehead atoms. The standard InChI is InChI=1S/C13H21FN2/c1-11(2)16(3)8-7-15-10-12-5-4-6-13(14)9-12/h4-6,9,11,15H,7-8,10H2,1-3H3. The van der Waals surface area contributed by atoms with Gasteiger partial charge in [-0.25, -0.2) is 4.39 Å².